The van der Waals surface area contributed by atoms with E-state index in [1.807, 2.05) is 6.92 Å². The van der Waals surface area contributed by atoms with Crippen molar-refractivity contribution in [3.05, 3.63) is 0 Å². The van der Waals surface area contributed by atoms with Gasteiger partial charge in [-0.3, -0.25) is 0 Å². The van der Waals surface area contributed by atoms with Crippen molar-refractivity contribution in [1.82, 2.24) is 10.2 Å². The monoisotopic (exact) mass is 240 g/mol. The van der Waals surface area contributed by atoms with Crippen molar-refractivity contribution in [1.29, 1.82) is 0 Å². The van der Waals surface area contributed by atoms with E-state index < -0.39 is 0 Å². The molecule has 92 valence electrons. The van der Waals surface area contributed by atoms with Crippen molar-refractivity contribution < 1.29 is 0 Å². The molecule has 0 amide bonds. The van der Waals surface area contributed by atoms with Gasteiger partial charge in [0, 0.05) is 36.6 Å². The lowest BCUT2D eigenvalue weighted by Crippen LogP contribution is -2.52. The summed E-state index contributed by atoms with van der Waals surface area (Å²) in [5.41, 5.74) is 0. The van der Waals surface area contributed by atoms with E-state index in [0.29, 0.717) is 12.1 Å². The molecule has 0 aliphatic carbocycles. The first kappa shape index (κ1) is 13.9. The molecule has 0 aromatic rings. The number of thioether (sulfide) groups is 1. The van der Waals surface area contributed by atoms with E-state index in [9.17, 15) is 0 Å². The molecule has 1 aliphatic rings. The predicted molar refractivity (Wildman–Crippen MR) is 73.9 cm³/mol. The minimum atomic E-state index is 0.601. The number of nitrogens with one attached hydrogen (secondary N) is 1. The predicted octanol–water partition coefficient (Wildman–Crippen LogP) is 1.82. The second-order valence-corrected chi connectivity index (χ2v) is 5.40. The lowest BCUT2D eigenvalue weighted by molar-refractivity contribution is 0.210. The first-order chi connectivity index (χ1) is 7.79. The smallest absolute Gasteiger partial charge is 0.0337 e. The van der Waals surface area contributed by atoms with Crippen LogP contribution in [0.25, 0.3) is 0 Å². The summed E-state index contributed by atoms with van der Waals surface area (Å²) in [6, 6.07) is 1.28. The van der Waals surface area contributed by atoms with Crippen molar-refractivity contribution in [3.8, 4) is 11.8 Å². The van der Waals surface area contributed by atoms with Crippen LogP contribution in [0.1, 0.15) is 26.7 Å². The molecule has 1 saturated heterocycles. The van der Waals surface area contributed by atoms with Gasteiger partial charge in [0.1, 0.15) is 0 Å². The van der Waals surface area contributed by atoms with E-state index >= 15 is 0 Å². The van der Waals surface area contributed by atoms with Crippen LogP contribution in [0.15, 0.2) is 0 Å². The van der Waals surface area contributed by atoms with Gasteiger partial charge in [-0.15, -0.1) is 11.8 Å². The van der Waals surface area contributed by atoms with Gasteiger partial charge >= 0.3 is 0 Å². The Morgan fingerprint density at radius 3 is 3.00 bits per heavy atom. The van der Waals surface area contributed by atoms with Crippen LogP contribution in [0.4, 0.5) is 0 Å². The molecule has 2 unspecified atom stereocenters. The molecular formula is C13H24N2S. The van der Waals surface area contributed by atoms with Crippen LogP contribution in [0.3, 0.4) is 0 Å². The quantitative estimate of drug-likeness (QED) is 0.738. The fourth-order valence-corrected chi connectivity index (χ4v) is 3.49. The summed E-state index contributed by atoms with van der Waals surface area (Å²) in [6.07, 6.45) is 2.19. The third-order valence-electron chi connectivity index (χ3n) is 3.13. The zero-order chi connectivity index (χ0) is 11.8. The summed E-state index contributed by atoms with van der Waals surface area (Å²) in [5, 5.41) is 3.62. The van der Waals surface area contributed by atoms with E-state index in [1.165, 1.54) is 24.5 Å². The van der Waals surface area contributed by atoms with Crippen LogP contribution in [0.5, 0.6) is 0 Å². The molecule has 2 nitrogen and oxygen atoms in total. The third-order valence-corrected chi connectivity index (χ3v) is 4.18. The molecule has 0 aromatic heterocycles. The SMILES string of the molecule is CC#CCCC(NCC)C1CSCCN1C. The lowest BCUT2D eigenvalue weighted by Gasteiger charge is -2.38. The second kappa shape index (κ2) is 8.00. The summed E-state index contributed by atoms with van der Waals surface area (Å²) in [5.74, 6) is 8.69. The average Bonchev–Trinajstić information content (AvgIpc) is 2.29. The fourth-order valence-electron chi connectivity index (χ4n) is 2.17. The summed E-state index contributed by atoms with van der Waals surface area (Å²) < 4.78 is 0. The van der Waals surface area contributed by atoms with Crippen molar-refractivity contribution >= 4 is 11.8 Å². The van der Waals surface area contributed by atoms with Gasteiger partial charge in [-0.1, -0.05) is 6.92 Å². The van der Waals surface area contributed by atoms with Crippen LogP contribution in [-0.2, 0) is 0 Å². The van der Waals surface area contributed by atoms with E-state index in [4.69, 9.17) is 0 Å². The Labute approximate surface area is 105 Å². The van der Waals surface area contributed by atoms with E-state index in [0.717, 1.165) is 13.0 Å². The largest absolute Gasteiger partial charge is 0.313 e. The second-order valence-electron chi connectivity index (χ2n) is 4.25. The molecule has 1 aliphatic heterocycles. The maximum absolute atomic E-state index is 3.62. The van der Waals surface area contributed by atoms with Crippen LogP contribution in [-0.4, -0.2) is 48.6 Å². The maximum Gasteiger partial charge on any atom is 0.0337 e. The first-order valence-corrected chi connectivity index (χ1v) is 7.36. The van der Waals surface area contributed by atoms with E-state index in [-0.39, 0.29) is 0 Å². The Morgan fingerprint density at radius 1 is 1.56 bits per heavy atom. The molecule has 2 atom stereocenters. The maximum atomic E-state index is 3.62. The molecule has 0 radical (unpaired) electrons. The molecule has 3 heteroatoms. The van der Waals surface area contributed by atoms with Crippen molar-refractivity contribution in [2.45, 2.75) is 38.8 Å². The standard InChI is InChI=1S/C13H24N2S/c1-4-6-7-8-12(14-5-2)13-11-16-10-9-15(13)3/h12-14H,5,7-11H2,1-3H3. The Kier molecular flexibility index (Phi) is 6.95. The van der Waals surface area contributed by atoms with Crippen molar-refractivity contribution in [3.63, 3.8) is 0 Å². The van der Waals surface area contributed by atoms with Gasteiger partial charge < -0.3 is 10.2 Å². The van der Waals surface area contributed by atoms with E-state index in [1.54, 1.807) is 0 Å². The highest BCUT2D eigenvalue weighted by molar-refractivity contribution is 7.99. The minimum absolute atomic E-state index is 0.601. The molecule has 0 bridgehead atoms. The normalized spacial score (nSPS) is 23.6. The molecule has 1 fully saturated rings. The molecule has 1 rings (SSSR count). The average molecular weight is 240 g/mol. The highest BCUT2D eigenvalue weighted by Gasteiger charge is 2.26. The number of nitrogens with zero attached hydrogens (tertiary/aromatic N) is 1. The summed E-state index contributed by atoms with van der Waals surface area (Å²) in [7, 11) is 2.25. The molecular weight excluding hydrogens is 216 g/mol. The number of hydrogen-bond donors (Lipinski definition) is 1. The van der Waals surface area contributed by atoms with Crippen molar-refractivity contribution in [2.24, 2.45) is 0 Å². The van der Waals surface area contributed by atoms with Gasteiger partial charge in [-0.2, -0.15) is 11.8 Å². The minimum Gasteiger partial charge on any atom is -0.313 e. The molecule has 1 N–H and O–H groups in total. The molecule has 0 saturated carbocycles. The third kappa shape index (κ3) is 4.37. The Hall–Kier alpha value is -0.170. The van der Waals surface area contributed by atoms with E-state index in [2.05, 4.69) is 47.8 Å². The van der Waals surface area contributed by atoms with Crippen LogP contribution >= 0.6 is 11.8 Å². The Balaban J connectivity index is 2.48. The highest BCUT2D eigenvalue weighted by atomic mass is 32.2. The molecule has 0 spiro atoms. The van der Waals surface area contributed by atoms with Gasteiger partial charge in [0.2, 0.25) is 0 Å². The van der Waals surface area contributed by atoms with Crippen molar-refractivity contribution in [2.75, 3.05) is 31.6 Å². The van der Waals surface area contributed by atoms with Crippen LogP contribution in [0.2, 0.25) is 0 Å². The Bertz CT molecular complexity index is 244. The first-order valence-electron chi connectivity index (χ1n) is 6.20. The summed E-state index contributed by atoms with van der Waals surface area (Å²) >= 11 is 2.08. The number of hydrogen-bond acceptors (Lipinski definition) is 3. The molecule has 0 aromatic carbocycles. The van der Waals surface area contributed by atoms with Gasteiger partial charge in [0.05, 0.1) is 0 Å². The zero-order valence-electron chi connectivity index (χ0n) is 10.8. The fraction of sp³-hybridized carbons (Fsp3) is 0.846. The highest BCUT2D eigenvalue weighted by Crippen LogP contribution is 2.19. The van der Waals surface area contributed by atoms with Crippen LogP contribution in [0, 0.1) is 11.8 Å². The molecule has 16 heavy (non-hydrogen) atoms. The number of likely N-dealkylation sites (N-methyl/N-ethyl adjacent to an activating group) is 2. The zero-order valence-corrected chi connectivity index (χ0v) is 11.6. The van der Waals surface area contributed by atoms with Gasteiger partial charge in [0.25, 0.3) is 0 Å². The molecule has 1 heterocycles. The van der Waals surface area contributed by atoms with Gasteiger partial charge in [-0.25, -0.2) is 0 Å². The number of rotatable bonds is 5. The summed E-state index contributed by atoms with van der Waals surface area (Å²) in [4.78, 5) is 2.50. The lowest BCUT2D eigenvalue weighted by atomic mass is 10.0. The summed E-state index contributed by atoms with van der Waals surface area (Å²) in [6.45, 7) is 6.38. The van der Waals surface area contributed by atoms with Gasteiger partial charge in [0.15, 0.2) is 0 Å². The van der Waals surface area contributed by atoms with Crippen LogP contribution < -0.4 is 5.32 Å². The van der Waals surface area contributed by atoms with Gasteiger partial charge in [-0.05, 0) is 26.9 Å². The topological polar surface area (TPSA) is 15.3 Å². The Morgan fingerprint density at radius 2 is 2.38 bits per heavy atom.